The molecular weight excluding hydrogens is 340 g/mol. The van der Waals surface area contributed by atoms with Gasteiger partial charge in [0.2, 0.25) is 17.7 Å². The lowest BCUT2D eigenvalue weighted by Gasteiger charge is -2.33. The van der Waals surface area contributed by atoms with Crippen molar-refractivity contribution >= 4 is 23.6 Å². The quantitative estimate of drug-likeness (QED) is 0.818. The molecule has 2 heterocycles. The Kier molecular flexibility index (Phi) is 5.37. The second kappa shape index (κ2) is 7.69. The maximum absolute atomic E-state index is 12.4. The zero-order valence-electron chi connectivity index (χ0n) is 14.0. The monoisotopic (exact) mass is 360 g/mol. The minimum Gasteiger partial charge on any atom is -0.411 e. The first-order valence-electron chi connectivity index (χ1n) is 8.17. The summed E-state index contributed by atoms with van der Waals surface area (Å²) in [6.07, 6.45) is 2.43. The van der Waals surface area contributed by atoms with E-state index in [4.69, 9.17) is 10.2 Å². The molecule has 1 fully saturated rings. The maximum atomic E-state index is 12.4. The molecule has 7 nitrogen and oxygen atoms in total. The van der Waals surface area contributed by atoms with Crippen LogP contribution in [-0.4, -0.2) is 45.3 Å². The fourth-order valence-electron chi connectivity index (χ4n) is 2.92. The minimum absolute atomic E-state index is 0.135. The van der Waals surface area contributed by atoms with E-state index < -0.39 is 11.9 Å². The number of nitrogens with zero attached hydrogens (tertiary/aromatic N) is 3. The maximum Gasteiger partial charge on any atom is 0.277 e. The molecule has 2 N–H and O–H groups in total. The number of nitrogens with two attached hydrogens (primary N) is 1. The number of rotatable bonds is 5. The topological polar surface area (TPSA) is 102 Å². The minimum atomic E-state index is -0.507. The predicted molar refractivity (Wildman–Crippen MR) is 93.7 cm³/mol. The fraction of sp³-hybridized carbons (Fsp3) is 0.412. The van der Waals surface area contributed by atoms with Gasteiger partial charge >= 0.3 is 0 Å². The molecular formula is C17H20N4O3S. The van der Waals surface area contributed by atoms with E-state index >= 15 is 0 Å². The Morgan fingerprint density at radius 1 is 1.32 bits per heavy atom. The lowest BCUT2D eigenvalue weighted by molar-refractivity contribution is -0.138. The number of amides is 2. The van der Waals surface area contributed by atoms with Crippen molar-refractivity contribution in [3.8, 4) is 11.5 Å². The Labute approximate surface area is 150 Å². The van der Waals surface area contributed by atoms with Crippen molar-refractivity contribution in [1.29, 1.82) is 0 Å². The highest BCUT2D eigenvalue weighted by atomic mass is 32.2. The molecule has 1 aromatic carbocycles. The Morgan fingerprint density at radius 2 is 2.12 bits per heavy atom. The van der Waals surface area contributed by atoms with Crippen LogP contribution in [-0.2, 0) is 9.59 Å². The highest BCUT2D eigenvalue weighted by molar-refractivity contribution is 7.99. The molecule has 0 bridgehead atoms. The van der Waals surface area contributed by atoms with Gasteiger partial charge in [-0.15, -0.1) is 10.2 Å². The smallest absolute Gasteiger partial charge is 0.277 e. The number of hydrogen-bond acceptors (Lipinski definition) is 6. The summed E-state index contributed by atoms with van der Waals surface area (Å²) in [6, 6.07) is 7.22. The van der Waals surface area contributed by atoms with Crippen LogP contribution in [0, 0.1) is 6.92 Å². The van der Waals surface area contributed by atoms with Gasteiger partial charge in [0.1, 0.15) is 6.04 Å². The number of piperidine rings is 1. The van der Waals surface area contributed by atoms with Gasteiger partial charge in [0.05, 0.1) is 5.75 Å². The van der Waals surface area contributed by atoms with Gasteiger partial charge in [-0.1, -0.05) is 30.0 Å². The molecule has 1 atom stereocenters. The molecule has 0 spiro atoms. The van der Waals surface area contributed by atoms with Gasteiger partial charge in [0, 0.05) is 12.1 Å². The molecule has 3 rings (SSSR count). The third-order valence-corrected chi connectivity index (χ3v) is 5.06. The lowest BCUT2D eigenvalue weighted by atomic mass is 10.0. The number of carbonyl (C=O) groups is 2. The number of hydrogen-bond donors (Lipinski definition) is 1. The van der Waals surface area contributed by atoms with E-state index in [0.29, 0.717) is 24.1 Å². The van der Waals surface area contributed by atoms with Crippen LogP contribution >= 0.6 is 11.8 Å². The van der Waals surface area contributed by atoms with E-state index in [1.165, 1.54) is 11.8 Å². The number of likely N-dealkylation sites (tertiary alicyclic amines) is 1. The Morgan fingerprint density at radius 3 is 2.88 bits per heavy atom. The SMILES string of the molecule is Cc1ccccc1-c1nnc(SCC(=O)N2CCCC[C@H]2C(N)=O)o1. The number of primary amides is 1. The van der Waals surface area contributed by atoms with Crippen LogP contribution in [0.3, 0.4) is 0 Å². The van der Waals surface area contributed by atoms with Crippen molar-refractivity contribution in [2.75, 3.05) is 12.3 Å². The summed E-state index contributed by atoms with van der Waals surface area (Å²) in [4.78, 5) is 25.5. The number of aryl methyl sites for hydroxylation is 1. The molecule has 8 heteroatoms. The van der Waals surface area contributed by atoms with Gasteiger partial charge in [0.15, 0.2) is 0 Å². The molecule has 1 saturated heterocycles. The van der Waals surface area contributed by atoms with Crippen molar-refractivity contribution in [2.45, 2.75) is 37.5 Å². The summed E-state index contributed by atoms with van der Waals surface area (Å²) in [5.41, 5.74) is 7.32. The van der Waals surface area contributed by atoms with Crippen LogP contribution in [0.5, 0.6) is 0 Å². The molecule has 2 amide bonds. The van der Waals surface area contributed by atoms with Gasteiger partial charge in [-0.05, 0) is 37.8 Å². The molecule has 0 unspecified atom stereocenters. The highest BCUT2D eigenvalue weighted by Gasteiger charge is 2.30. The van der Waals surface area contributed by atoms with Crippen LogP contribution in [0.15, 0.2) is 33.9 Å². The highest BCUT2D eigenvalue weighted by Crippen LogP contribution is 2.26. The van der Waals surface area contributed by atoms with Crippen molar-refractivity contribution in [1.82, 2.24) is 15.1 Å². The summed E-state index contributed by atoms with van der Waals surface area (Å²) in [5.74, 6) is -0.0121. The zero-order chi connectivity index (χ0) is 17.8. The second-order valence-electron chi connectivity index (χ2n) is 5.98. The molecule has 1 aliphatic rings. The van der Waals surface area contributed by atoms with E-state index in [9.17, 15) is 9.59 Å². The van der Waals surface area contributed by atoms with E-state index in [2.05, 4.69) is 10.2 Å². The normalized spacial score (nSPS) is 17.5. The van der Waals surface area contributed by atoms with Gasteiger partial charge in [0.25, 0.3) is 5.22 Å². The van der Waals surface area contributed by atoms with Gasteiger partial charge in [-0.3, -0.25) is 9.59 Å². The number of thioether (sulfide) groups is 1. The summed E-state index contributed by atoms with van der Waals surface area (Å²) in [5, 5.41) is 8.37. The number of aromatic nitrogens is 2. The zero-order valence-corrected chi connectivity index (χ0v) is 14.8. The largest absolute Gasteiger partial charge is 0.411 e. The average molecular weight is 360 g/mol. The summed E-state index contributed by atoms with van der Waals surface area (Å²) >= 11 is 1.17. The summed E-state index contributed by atoms with van der Waals surface area (Å²) in [6.45, 7) is 2.53. The first kappa shape index (κ1) is 17.5. The Hall–Kier alpha value is -2.35. The van der Waals surface area contributed by atoms with Gasteiger partial charge in [-0.2, -0.15) is 0 Å². The van der Waals surface area contributed by atoms with Crippen molar-refractivity contribution < 1.29 is 14.0 Å². The van der Waals surface area contributed by atoms with E-state index in [1.54, 1.807) is 4.90 Å². The molecule has 25 heavy (non-hydrogen) atoms. The average Bonchev–Trinajstić information content (AvgIpc) is 3.08. The molecule has 0 radical (unpaired) electrons. The third-order valence-electron chi connectivity index (χ3n) is 4.25. The second-order valence-corrected chi connectivity index (χ2v) is 6.90. The number of carbonyl (C=O) groups excluding carboxylic acids is 2. The summed E-state index contributed by atoms with van der Waals surface area (Å²) < 4.78 is 5.64. The van der Waals surface area contributed by atoms with Crippen molar-refractivity contribution in [2.24, 2.45) is 5.73 Å². The number of benzene rings is 1. The van der Waals surface area contributed by atoms with E-state index in [1.807, 2.05) is 31.2 Å². The molecule has 132 valence electrons. The van der Waals surface area contributed by atoms with Crippen LogP contribution < -0.4 is 5.73 Å². The van der Waals surface area contributed by atoms with Crippen LogP contribution in [0.4, 0.5) is 0 Å². The van der Waals surface area contributed by atoms with Crippen molar-refractivity contribution in [3.63, 3.8) is 0 Å². The van der Waals surface area contributed by atoms with Crippen LogP contribution in [0.2, 0.25) is 0 Å². The molecule has 1 aromatic heterocycles. The van der Waals surface area contributed by atoms with Crippen LogP contribution in [0.25, 0.3) is 11.5 Å². The summed E-state index contributed by atoms with van der Waals surface area (Å²) in [7, 11) is 0. The standard InChI is InChI=1S/C17H20N4O3S/c1-11-6-2-3-7-12(11)16-19-20-17(24-16)25-10-14(22)21-9-5-4-8-13(21)15(18)23/h2-3,6-7,13H,4-5,8-10H2,1H3,(H2,18,23)/t13-/m0/s1. The first-order valence-corrected chi connectivity index (χ1v) is 9.16. The van der Waals surface area contributed by atoms with E-state index in [-0.39, 0.29) is 11.7 Å². The Balaban J connectivity index is 1.63. The predicted octanol–water partition coefficient (Wildman–Crippen LogP) is 2.00. The fourth-order valence-corrected chi connectivity index (χ4v) is 3.57. The van der Waals surface area contributed by atoms with E-state index in [0.717, 1.165) is 24.0 Å². The van der Waals surface area contributed by atoms with Crippen molar-refractivity contribution in [3.05, 3.63) is 29.8 Å². The molecule has 0 saturated carbocycles. The molecule has 1 aliphatic heterocycles. The first-order chi connectivity index (χ1) is 12.1. The van der Waals surface area contributed by atoms with Gasteiger partial charge in [-0.25, -0.2) is 0 Å². The molecule has 2 aromatic rings. The lowest BCUT2D eigenvalue weighted by Crippen LogP contribution is -2.51. The van der Waals surface area contributed by atoms with Gasteiger partial charge < -0.3 is 15.1 Å². The van der Waals surface area contributed by atoms with Crippen LogP contribution in [0.1, 0.15) is 24.8 Å². The molecule has 0 aliphatic carbocycles. The Bertz CT molecular complexity index is 777. The third kappa shape index (κ3) is 4.01.